The number of hydrogen-bond acceptors (Lipinski definition) is 21. The van der Waals surface area contributed by atoms with Crippen molar-refractivity contribution in [1.29, 1.82) is 0 Å². The first-order valence-electron chi connectivity index (χ1n) is 30.3. The zero-order chi connectivity index (χ0) is 62.5. The van der Waals surface area contributed by atoms with Gasteiger partial charge < -0.3 is 83.1 Å². The van der Waals surface area contributed by atoms with Crippen LogP contribution in [0.25, 0.3) is 0 Å². The van der Waals surface area contributed by atoms with Crippen molar-refractivity contribution >= 4 is 35.3 Å². The number of carbonyl (C=O) groups is 4. The van der Waals surface area contributed by atoms with E-state index in [0.717, 1.165) is 0 Å². The first-order valence-corrected chi connectivity index (χ1v) is 30.7. The predicted molar refractivity (Wildman–Crippen MR) is 308 cm³/mol. The quantitative estimate of drug-likeness (QED) is 0.0611. The molecule has 7 rings (SSSR count). The molecule has 7 aliphatic rings. The number of ketones is 1. The third-order valence-electron chi connectivity index (χ3n) is 18.3. The fourth-order valence-corrected chi connectivity index (χ4v) is 14.2. The van der Waals surface area contributed by atoms with Crippen LogP contribution < -0.4 is 0 Å². The molecule has 6 saturated heterocycles. The Bertz CT molecular complexity index is 2430. The summed E-state index contributed by atoms with van der Waals surface area (Å²) in [6.07, 6.45) is -8.69. The number of carbonyl (C=O) groups excluding carboxylic acids is 4. The summed E-state index contributed by atoms with van der Waals surface area (Å²) in [4.78, 5) is 54.3. The van der Waals surface area contributed by atoms with Crippen LogP contribution in [-0.4, -0.2) is 187 Å². The fraction of sp³-hybridized carbons (Fsp3) is 0.778. The van der Waals surface area contributed by atoms with Crippen molar-refractivity contribution in [2.75, 3.05) is 7.11 Å². The number of ether oxygens (including phenoxy) is 10. The summed E-state index contributed by atoms with van der Waals surface area (Å²) in [5.41, 5.74) is -0.508. The Morgan fingerprint density at radius 1 is 0.812 bits per heavy atom. The molecule has 22 heteroatoms. The summed E-state index contributed by atoms with van der Waals surface area (Å²) >= 11 is 5.89. The second-order valence-electron chi connectivity index (χ2n) is 25.9. The highest BCUT2D eigenvalue weighted by molar-refractivity contribution is 6.30. The molecule has 85 heavy (non-hydrogen) atoms. The number of Topliss-reactive ketones (excluding diaryl/α,β-unsaturated/α-hetero) is 1. The van der Waals surface area contributed by atoms with E-state index in [1.54, 1.807) is 41.7 Å². The standard InChI is InChI=1S/C63H95ClO21/c1-33(19-42(67)18-17-35(3)64)20-53-55(72)57-39(7)58(79-53)59(73)63(75)31-51(70)37(5)52(85-63)16-14-12-13-15-44-22-43(68)27-61(81-44)29-47(76-11)23-45(82-61)25-50(69)38(6)56(78-41(9)66)36(4)34(2)21-49-28-60(10,74)32-62(84-49)30-48(77-40(8)65)24-46(83-62)26-54(71)80-57/h13,15,17-18,36-39,42-49,51-53,55-59,67-68,70,72-75H,1-3,12,14,16,19-32H2,4-11H3/b15-13-,18-17+/t36-,37-,38+,39+,42-,43+,44+,45?,46?,47+,48+,49+,51+,52-,53+,55+,56+,57+,58?,59+,60+,61-,62-,63-/m0/s1. The maximum atomic E-state index is 14.5. The van der Waals surface area contributed by atoms with Crippen LogP contribution in [0.15, 0.2) is 60.2 Å². The van der Waals surface area contributed by atoms with Crippen molar-refractivity contribution in [3.63, 3.8) is 0 Å². The zero-order valence-electron chi connectivity index (χ0n) is 50.7. The molecule has 3 unspecified atom stereocenters. The normalized spacial score (nSPS) is 44.5. The van der Waals surface area contributed by atoms with Crippen LogP contribution in [-0.2, 0) is 66.5 Å². The second kappa shape index (κ2) is 29.0. The maximum Gasteiger partial charge on any atom is 0.308 e. The lowest BCUT2D eigenvalue weighted by molar-refractivity contribution is -0.351. The predicted octanol–water partition coefficient (Wildman–Crippen LogP) is 5.91. The average Bonchev–Trinajstić information content (AvgIpc) is 1.30. The summed E-state index contributed by atoms with van der Waals surface area (Å²) in [5.74, 6) is -10.7. The first-order chi connectivity index (χ1) is 39.8. The van der Waals surface area contributed by atoms with Crippen molar-refractivity contribution in [2.24, 2.45) is 23.7 Å². The number of allylic oxidation sites excluding steroid dienone is 3. The molecule has 480 valence electrons. The molecule has 0 saturated carbocycles. The van der Waals surface area contributed by atoms with Crippen LogP contribution in [0.5, 0.6) is 0 Å². The van der Waals surface area contributed by atoms with E-state index < -0.39 is 169 Å². The number of esters is 3. The molecule has 7 N–H and O–H groups in total. The van der Waals surface area contributed by atoms with Gasteiger partial charge in [0.1, 0.15) is 36.3 Å². The molecule has 10 bridgehead atoms. The van der Waals surface area contributed by atoms with Gasteiger partial charge in [-0.1, -0.05) is 88.4 Å². The minimum absolute atomic E-state index is 0.00321. The first kappa shape index (κ1) is 69.0. The molecule has 6 fully saturated rings. The van der Waals surface area contributed by atoms with Crippen LogP contribution in [0.4, 0.5) is 0 Å². The van der Waals surface area contributed by atoms with Crippen molar-refractivity contribution in [1.82, 2.24) is 0 Å². The van der Waals surface area contributed by atoms with Gasteiger partial charge in [0.2, 0.25) is 0 Å². The van der Waals surface area contributed by atoms with Crippen molar-refractivity contribution in [3.8, 4) is 0 Å². The topological polar surface area (TPSA) is 302 Å². The van der Waals surface area contributed by atoms with E-state index in [9.17, 15) is 54.9 Å². The van der Waals surface area contributed by atoms with Gasteiger partial charge >= 0.3 is 17.9 Å². The molecule has 0 radical (unpaired) electrons. The smallest absolute Gasteiger partial charge is 0.308 e. The number of methoxy groups -OCH3 is 1. The van der Waals surface area contributed by atoms with Crippen LogP contribution in [0.2, 0.25) is 0 Å². The molecule has 21 nitrogen and oxygen atoms in total. The van der Waals surface area contributed by atoms with E-state index in [1.807, 2.05) is 12.2 Å². The van der Waals surface area contributed by atoms with Gasteiger partial charge in [0.25, 0.3) is 0 Å². The third kappa shape index (κ3) is 18.1. The zero-order valence-corrected chi connectivity index (χ0v) is 51.5. The van der Waals surface area contributed by atoms with Gasteiger partial charge in [-0.25, -0.2) is 0 Å². The average molecular weight is 1220 g/mol. The van der Waals surface area contributed by atoms with E-state index >= 15 is 0 Å². The van der Waals surface area contributed by atoms with Crippen LogP contribution in [0.3, 0.4) is 0 Å². The molecule has 2 spiro atoms. The molecular weight excluding hydrogens is 1130 g/mol. The summed E-state index contributed by atoms with van der Waals surface area (Å²) in [7, 11) is 1.57. The minimum atomic E-state index is -2.40. The minimum Gasteiger partial charge on any atom is -0.462 e. The number of aliphatic hydroxyl groups is 7. The highest BCUT2D eigenvalue weighted by Gasteiger charge is 2.58. The Labute approximate surface area is 505 Å². The SMILES string of the molecule is C=C(Cl)/C=C/[C@H](O)CC(=C)C[C@H]1OC2[C@@H](O)[C@]3(O)C[C@@H](O)[C@H](C)[C@H](CCC/C=C\[C@@H]4C[C@@H](O)C[C@]5(C[C@H](OC)CC(CC(=O)[C@@H](C)[C@H](OC(C)=O)[C@@H](C)C(=C)C[C@@H]6C[C@@](C)(O)C[C@]7(C[C@H](OC(C)=O)CC(CC(=O)O[C@@H]([C@@H]1O)[C@H]2C)O7)O6)O5)O4)O3. The number of fused-ring (bicyclic) bond motifs is 8. The molecule has 24 atom stereocenters. The van der Waals surface area contributed by atoms with Gasteiger partial charge in [-0.3, -0.25) is 19.2 Å². The van der Waals surface area contributed by atoms with E-state index in [2.05, 4.69) is 19.7 Å². The van der Waals surface area contributed by atoms with E-state index in [0.29, 0.717) is 43.3 Å². The van der Waals surface area contributed by atoms with Crippen molar-refractivity contribution < 1.29 is 102 Å². The second-order valence-corrected chi connectivity index (χ2v) is 26.4. The number of rotatable bonds is 9. The van der Waals surface area contributed by atoms with Gasteiger partial charge in [-0.15, -0.1) is 0 Å². The Morgan fingerprint density at radius 2 is 1.47 bits per heavy atom. The van der Waals surface area contributed by atoms with E-state index in [4.69, 9.17) is 59.0 Å². The van der Waals surface area contributed by atoms with Crippen LogP contribution in [0, 0.1) is 23.7 Å². The van der Waals surface area contributed by atoms with Gasteiger partial charge in [-0.05, 0) is 51.5 Å². The highest BCUT2D eigenvalue weighted by Crippen LogP contribution is 2.48. The lowest BCUT2D eigenvalue weighted by Crippen LogP contribution is -2.65. The van der Waals surface area contributed by atoms with Gasteiger partial charge in [-0.2, -0.15) is 0 Å². The molecule has 0 aromatic carbocycles. The largest absolute Gasteiger partial charge is 0.462 e. The van der Waals surface area contributed by atoms with Crippen LogP contribution in [0.1, 0.15) is 158 Å². The van der Waals surface area contributed by atoms with Crippen LogP contribution >= 0.6 is 11.6 Å². The van der Waals surface area contributed by atoms with Crippen molar-refractivity contribution in [2.45, 2.75) is 278 Å². The highest BCUT2D eigenvalue weighted by atomic mass is 35.5. The Balaban J connectivity index is 1.22. The maximum absolute atomic E-state index is 14.5. The Kier molecular flexibility index (Phi) is 23.5. The number of aliphatic hydroxyl groups excluding tert-OH is 5. The Morgan fingerprint density at radius 3 is 2.15 bits per heavy atom. The molecule has 7 aliphatic heterocycles. The molecule has 0 amide bonds. The number of halogens is 1. The van der Waals surface area contributed by atoms with E-state index in [-0.39, 0.29) is 81.1 Å². The fourth-order valence-electron chi connectivity index (χ4n) is 14.1. The molecule has 7 heterocycles. The van der Waals surface area contributed by atoms with E-state index in [1.165, 1.54) is 26.0 Å². The van der Waals surface area contributed by atoms with Gasteiger partial charge in [0.15, 0.2) is 17.4 Å². The van der Waals surface area contributed by atoms with Gasteiger partial charge in [0.05, 0.1) is 85.1 Å². The third-order valence-corrected chi connectivity index (χ3v) is 18.4. The molecular formula is C63H95ClO21. The summed E-state index contributed by atoms with van der Waals surface area (Å²) < 4.78 is 63.4. The molecule has 0 aliphatic carbocycles. The monoisotopic (exact) mass is 1220 g/mol. The summed E-state index contributed by atoms with van der Waals surface area (Å²) in [6, 6.07) is 0. The molecule has 0 aromatic heterocycles. The number of hydrogen-bond donors (Lipinski definition) is 7. The summed E-state index contributed by atoms with van der Waals surface area (Å²) in [6.45, 7) is 23.1. The molecule has 0 aromatic rings. The van der Waals surface area contributed by atoms with Gasteiger partial charge in [0, 0.05) is 108 Å². The lowest BCUT2D eigenvalue weighted by Gasteiger charge is -2.52. The summed E-state index contributed by atoms with van der Waals surface area (Å²) in [5, 5.41) is 82.6. The Hall–Kier alpha value is -3.49. The van der Waals surface area contributed by atoms with Crippen molar-refractivity contribution in [3.05, 3.63) is 60.2 Å². The lowest BCUT2D eigenvalue weighted by atomic mass is 9.78.